The number of allylic oxidation sites excluding steroid dienone is 10. The van der Waals surface area contributed by atoms with Gasteiger partial charge in [-0.15, -0.1) is 0 Å². The van der Waals surface area contributed by atoms with E-state index in [9.17, 15) is 14.4 Å². The van der Waals surface area contributed by atoms with E-state index in [2.05, 4.69) is 81.5 Å². The largest absolute Gasteiger partial charge is 0.462 e. The molecule has 0 rings (SSSR count). The van der Waals surface area contributed by atoms with Crippen molar-refractivity contribution in [2.24, 2.45) is 0 Å². The highest BCUT2D eigenvalue weighted by Gasteiger charge is 2.19. The number of hydrogen-bond acceptors (Lipinski definition) is 6. The molecule has 0 saturated heterocycles. The molecule has 0 spiro atoms. The molecule has 1 unspecified atom stereocenters. The fraction of sp³-hybridized carbons (Fsp3) is 0.759. The van der Waals surface area contributed by atoms with Gasteiger partial charge in [-0.2, -0.15) is 0 Å². The van der Waals surface area contributed by atoms with Crippen molar-refractivity contribution in [1.29, 1.82) is 0 Å². The summed E-state index contributed by atoms with van der Waals surface area (Å²) in [4.78, 5) is 37.9. The zero-order chi connectivity index (χ0) is 43.7. The first kappa shape index (κ1) is 57.1. The number of carbonyl (C=O) groups is 3. The van der Waals surface area contributed by atoms with Gasteiger partial charge in [0.2, 0.25) is 0 Å². The number of carbonyl (C=O) groups excluding carboxylic acids is 3. The molecule has 6 nitrogen and oxygen atoms in total. The third kappa shape index (κ3) is 46.2. The summed E-state index contributed by atoms with van der Waals surface area (Å²) >= 11 is 0. The zero-order valence-corrected chi connectivity index (χ0v) is 39.5. The van der Waals surface area contributed by atoms with E-state index in [1.807, 2.05) is 0 Å². The first-order valence-corrected chi connectivity index (χ1v) is 25.3. The fourth-order valence-electron chi connectivity index (χ4n) is 6.98. The van der Waals surface area contributed by atoms with Gasteiger partial charge in [0.15, 0.2) is 6.10 Å². The number of rotatable bonds is 45. The van der Waals surface area contributed by atoms with Crippen LogP contribution in [-0.4, -0.2) is 37.2 Å². The van der Waals surface area contributed by atoms with Crippen LogP contribution in [0.2, 0.25) is 0 Å². The van der Waals surface area contributed by atoms with E-state index in [0.717, 1.165) is 89.9 Å². The monoisotopic (exact) mass is 839 g/mol. The van der Waals surface area contributed by atoms with Crippen LogP contribution in [0.25, 0.3) is 0 Å². The Bertz CT molecular complexity index is 1100. The molecule has 6 heteroatoms. The van der Waals surface area contributed by atoms with Crippen molar-refractivity contribution >= 4 is 17.9 Å². The van der Waals surface area contributed by atoms with E-state index < -0.39 is 6.10 Å². The SMILES string of the molecule is CC/C=C\C/C=C\C/C=C\CCCCC(=O)OCC(COC(=O)CCCCC/C=C\C=C/CCCCCCCCC)OC(=O)CCCCCCCCCCCCCCCC. The third-order valence-corrected chi connectivity index (χ3v) is 10.8. The highest BCUT2D eigenvalue weighted by molar-refractivity contribution is 5.71. The predicted octanol–water partition coefficient (Wildman–Crippen LogP) is 16.5. The van der Waals surface area contributed by atoms with E-state index in [0.29, 0.717) is 19.3 Å². The number of unbranched alkanes of at least 4 members (excludes halogenated alkanes) is 25. The van der Waals surface area contributed by atoms with Crippen molar-refractivity contribution in [1.82, 2.24) is 0 Å². The van der Waals surface area contributed by atoms with Crippen LogP contribution in [0.1, 0.15) is 245 Å². The summed E-state index contributed by atoms with van der Waals surface area (Å²) < 4.78 is 16.7. The minimum absolute atomic E-state index is 0.0986. The first-order valence-electron chi connectivity index (χ1n) is 25.3. The van der Waals surface area contributed by atoms with Gasteiger partial charge in [-0.05, 0) is 77.0 Å². The second-order valence-corrected chi connectivity index (χ2v) is 16.7. The smallest absolute Gasteiger partial charge is 0.306 e. The van der Waals surface area contributed by atoms with E-state index >= 15 is 0 Å². The molecule has 0 aromatic rings. The average molecular weight is 839 g/mol. The Kier molecular flexibility index (Phi) is 46.4. The Labute approximate surface area is 370 Å². The van der Waals surface area contributed by atoms with E-state index in [1.165, 1.54) is 116 Å². The van der Waals surface area contributed by atoms with Crippen LogP contribution < -0.4 is 0 Å². The van der Waals surface area contributed by atoms with Gasteiger partial charge in [0.25, 0.3) is 0 Å². The highest BCUT2D eigenvalue weighted by atomic mass is 16.6. The molecule has 60 heavy (non-hydrogen) atoms. The maximum Gasteiger partial charge on any atom is 0.306 e. The lowest BCUT2D eigenvalue weighted by Crippen LogP contribution is -2.30. The minimum Gasteiger partial charge on any atom is -0.462 e. The van der Waals surface area contributed by atoms with Crippen LogP contribution in [0.4, 0.5) is 0 Å². The normalized spacial score (nSPS) is 12.5. The molecule has 0 amide bonds. The Morgan fingerprint density at radius 2 is 0.700 bits per heavy atom. The maximum atomic E-state index is 12.8. The van der Waals surface area contributed by atoms with Gasteiger partial charge in [-0.1, -0.05) is 210 Å². The second kappa shape index (κ2) is 48.8. The van der Waals surface area contributed by atoms with Crippen LogP contribution in [0.5, 0.6) is 0 Å². The van der Waals surface area contributed by atoms with E-state index in [4.69, 9.17) is 14.2 Å². The van der Waals surface area contributed by atoms with Crippen LogP contribution in [-0.2, 0) is 28.6 Å². The highest BCUT2D eigenvalue weighted by Crippen LogP contribution is 2.15. The summed E-state index contributed by atoms with van der Waals surface area (Å²) in [5, 5.41) is 0. The van der Waals surface area contributed by atoms with Gasteiger partial charge in [0.1, 0.15) is 13.2 Å². The van der Waals surface area contributed by atoms with E-state index in [-0.39, 0.29) is 31.1 Å². The summed E-state index contributed by atoms with van der Waals surface area (Å²) in [5.41, 5.74) is 0. The quantitative estimate of drug-likeness (QED) is 0.0200. The molecule has 0 aromatic carbocycles. The summed E-state index contributed by atoms with van der Waals surface area (Å²) in [6, 6.07) is 0. The summed E-state index contributed by atoms with van der Waals surface area (Å²) in [7, 11) is 0. The molecule has 0 aliphatic heterocycles. The van der Waals surface area contributed by atoms with Crippen molar-refractivity contribution in [2.75, 3.05) is 13.2 Å². The fourth-order valence-corrected chi connectivity index (χ4v) is 6.98. The van der Waals surface area contributed by atoms with Gasteiger partial charge in [0, 0.05) is 19.3 Å². The Morgan fingerprint density at radius 1 is 0.367 bits per heavy atom. The Balaban J connectivity index is 4.45. The topological polar surface area (TPSA) is 78.9 Å². The Hall–Kier alpha value is -2.89. The molecular formula is C54H94O6. The molecule has 0 aliphatic carbocycles. The molecule has 0 fully saturated rings. The molecule has 0 aliphatic rings. The predicted molar refractivity (Wildman–Crippen MR) is 256 cm³/mol. The third-order valence-electron chi connectivity index (χ3n) is 10.8. The lowest BCUT2D eigenvalue weighted by Gasteiger charge is -2.18. The van der Waals surface area contributed by atoms with Crippen molar-refractivity contribution in [3.63, 3.8) is 0 Å². The summed E-state index contributed by atoms with van der Waals surface area (Å²) in [6.07, 6.45) is 59.2. The minimum atomic E-state index is -0.797. The summed E-state index contributed by atoms with van der Waals surface area (Å²) in [5.74, 6) is -0.958. The molecule has 0 bridgehead atoms. The van der Waals surface area contributed by atoms with Crippen molar-refractivity contribution in [3.05, 3.63) is 60.8 Å². The molecule has 0 aromatic heterocycles. The number of ether oxygens (including phenoxy) is 3. The van der Waals surface area contributed by atoms with Crippen LogP contribution in [0.15, 0.2) is 60.8 Å². The van der Waals surface area contributed by atoms with Crippen LogP contribution >= 0.6 is 0 Å². The number of esters is 3. The maximum absolute atomic E-state index is 12.8. The number of hydrogen-bond donors (Lipinski definition) is 0. The van der Waals surface area contributed by atoms with Gasteiger partial charge in [-0.3, -0.25) is 14.4 Å². The second-order valence-electron chi connectivity index (χ2n) is 16.7. The van der Waals surface area contributed by atoms with Crippen molar-refractivity contribution < 1.29 is 28.6 Å². The Morgan fingerprint density at radius 3 is 1.17 bits per heavy atom. The van der Waals surface area contributed by atoms with Crippen molar-refractivity contribution in [2.45, 2.75) is 252 Å². The van der Waals surface area contributed by atoms with Crippen LogP contribution in [0, 0.1) is 0 Å². The molecule has 0 radical (unpaired) electrons. The summed E-state index contributed by atoms with van der Waals surface area (Å²) in [6.45, 7) is 6.46. The standard InChI is InChI=1S/C54H94O6/c1-4-7-10-13-16-19-22-25-27-28-30-32-35-38-41-44-47-53(56)59-50-51(49-58-52(55)46-43-40-37-34-31-24-21-18-15-12-9-6-3)60-54(57)48-45-42-39-36-33-29-26-23-20-17-14-11-8-5-2/h9,12,18,21,27-28,30-32,34,51H,4-8,10-11,13-17,19-20,22-26,29,33,35-50H2,1-3H3/b12-9-,21-18-,28-27-,32-30-,34-31-. The molecule has 0 heterocycles. The van der Waals surface area contributed by atoms with Gasteiger partial charge >= 0.3 is 17.9 Å². The van der Waals surface area contributed by atoms with Crippen LogP contribution in [0.3, 0.4) is 0 Å². The first-order chi connectivity index (χ1) is 29.5. The molecule has 1 atom stereocenters. The molecule has 346 valence electrons. The lowest BCUT2D eigenvalue weighted by molar-refractivity contribution is -0.167. The van der Waals surface area contributed by atoms with E-state index in [1.54, 1.807) is 0 Å². The van der Waals surface area contributed by atoms with Gasteiger partial charge in [0.05, 0.1) is 0 Å². The molecular weight excluding hydrogens is 745 g/mol. The average Bonchev–Trinajstić information content (AvgIpc) is 3.24. The molecule has 0 saturated carbocycles. The lowest BCUT2D eigenvalue weighted by atomic mass is 10.0. The van der Waals surface area contributed by atoms with Crippen molar-refractivity contribution in [3.8, 4) is 0 Å². The van der Waals surface area contributed by atoms with Gasteiger partial charge in [-0.25, -0.2) is 0 Å². The zero-order valence-electron chi connectivity index (χ0n) is 39.5. The molecule has 0 N–H and O–H groups in total. The van der Waals surface area contributed by atoms with Gasteiger partial charge < -0.3 is 14.2 Å².